The van der Waals surface area contributed by atoms with Gasteiger partial charge >= 0.3 is 0 Å². The molecule has 0 heterocycles. The Hall–Kier alpha value is 0.630. The van der Waals surface area contributed by atoms with Crippen molar-refractivity contribution in [3.05, 3.63) is 0 Å². The van der Waals surface area contributed by atoms with Gasteiger partial charge in [0.05, 0.1) is 4.83 Å². The highest BCUT2D eigenvalue weighted by molar-refractivity contribution is 9.10. The summed E-state index contributed by atoms with van der Waals surface area (Å²) in [5.41, 5.74) is 0.0770. The molecule has 2 rings (SSSR count). The van der Waals surface area contributed by atoms with E-state index < -0.39 is 0 Å². The number of Topliss-reactive ketones (excluding diaryl/α,β-unsaturated/α-hetero) is 1. The average Bonchev–Trinajstić information content (AvgIpc) is 2.44. The minimum atomic E-state index is -0.0880. The lowest BCUT2D eigenvalue weighted by atomic mass is 9.70. The van der Waals surface area contributed by atoms with Gasteiger partial charge in [0, 0.05) is 10.7 Å². The van der Waals surface area contributed by atoms with Crippen LogP contribution in [0.4, 0.5) is 0 Å². The van der Waals surface area contributed by atoms with E-state index in [0.717, 1.165) is 11.8 Å². The Morgan fingerprint density at radius 1 is 1.54 bits per heavy atom. The maximum Gasteiger partial charge on any atom is 0.153 e. The molecule has 2 aliphatic rings. The summed E-state index contributed by atoms with van der Waals surface area (Å²) in [6.45, 7) is 4.39. The Bertz CT molecular complexity index is 266. The summed E-state index contributed by atoms with van der Waals surface area (Å²) in [7, 11) is 0. The van der Waals surface area contributed by atoms with Crippen LogP contribution in [0.15, 0.2) is 0 Å². The summed E-state index contributed by atoms with van der Waals surface area (Å²) in [4.78, 5) is 12.1. The zero-order valence-electron chi connectivity index (χ0n) is 7.94. The molecular weight excluding hydrogens is 296 g/mol. The van der Waals surface area contributed by atoms with Gasteiger partial charge < -0.3 is 0 Å². The average molecular weight is 310 g/mol. The molecule has 0 aromatic carbocycles. The van der Waals surface area contributed by atoms with Crippen LogP contribution in [0, 0.1) is 16.7 Å². The molecule has 2 saturated carbocycles. The Morgan fingerprint density at radius 3 is 2.46 bits per heavy atom. The van der Waals surface area contributed by atoms with E-state index in [4.69, 9.17) is 0 Å². The van der Waals surface area contributed by atoms with Crippen molar-refractivity contribution in [2.45, 2.75) is 31.5 Å². The SMILES string of the molecule is C[C@]1(CBr)[C@H]2CC[C@]1(C)C(=O)[C@@H]2Br. The summed E-state index contributed by atoms with van der Waals surface area (Å²) >= 11 is 7.11. The molecule has 0 spiro atoms. The lowest BCUT2D eigenvalue weighted by Crippen LogP contribution is -2.36. The molecule has 0 aromatic rings. The second-order valence-electron chi connectivity index (χ2n) is 4.79. The minimum Gasteiger partial charge on any atom is -0.298 e. The van der Waals surface area contributed by atoms with Gasteiger partial charge in [0.2, 0.25) is 0 Å². The van der Waals surface area contributed by atoms with Crippen molar-refractivity contribution in [3.8, 4) is 0 Å². The zero-order valence-corrected chi connectivity index (χ0v) is 11.1. The van der Waals surface area contributed by atoms with Crippen molar-refractivity contribution in [3.63, 3.8) is 0 Å². The first kappa shape index (κ1) is 10.2. The molecule has 4 atom stereocenters. The Kier molecular flexibility index (Phi) is 2.20. The topological polar surface area (TPSA) is 17.1 Å². The molecule has 1 nitrogen and oxygen atoms in total. The van der Waals surface area contributed by atoms with E-state index in [0.29, 0.717) is 11.7 Å². The first-order valence-corrected chi connectivity index (χ1v) is 6.75. The summed E-state index contributed by atoms with van der Waals surface area (Å²) < 4.78 is 0. The summed E-state index contributed by atoms with van der Waals surface area (Å²) in [5.74, 6) is 0.954. The monoisotopic (exact) mass is 308 g/mol. The van der Waals surface area contributed by atoms with Gasteiger partial charge in [-0.05, 0) is 24.2 Å². The van der Waals surface area contributed by atoms with E-state index in [1.54, 1.807) is 0 Å². The highest BCUT2D eigenvalue weighted by Gasteiger charge is 2.67. The van der Waals surface area contributed by atoms with Gasteiger partial charge in [-0.25, -0.2) is 0 Å². The van der Waals surface area contributed by atoms with E-state index in [1.807, 2.05) is 0 Å². The normalized spacial score (nSPS) is 54.6. The maximum absolute atomic E-state index is 12.0. The molecule has 2 bridgehead atoms. The molecule has 0 aliphatic heterocycles. The van der Waals surface area contributed by atoms with Gasteiger partial charge in [0.1, 0.15) is 0 Å². The van der Waals surface area contributed by atoms with Crippen LogP contribution in [0.3, 0.4) is 0 Å². The van der Waals surface area contributed by atoms with Crippen LogP contribution in [0.25, 0.3) is 0 Å². The number of fused-ring (bicyclic) bond motifs is 2. The quantitative estimate of drug-likeness (QED) is 0.680. The Balaban J connectivity index is 2.49. The highest BCUT2D eigenvalue weighted by Crippen LogP contribution is 2.65. The van der Waals surface area contributed by atoms with E-state index in [1.165, 1.54) is 6.42 Å². The van der Waals surface area contributed by atoms with E-state index in [9.17, 15) is 4.79 Å². The molecule has 74 valence electrons. The number of hydrogen-bond donors (Lipinski definition) is 0. The zero-order chi connectivity index (χ0) is 9.85. The van der Waals surface area contributed by atoms with E-state index in [2.05, 4.69) is 45.7 Å². The fourth-order valence-electron chi connectivity index (χ4n) is 3.07. The number of carbonyl (C=O) groups excluding carboxylic acids is 1. The molecule has 0 amide bonds. The minimum absolute atomic E-state index is 0.0880. The van der Waals surface area contributed by atoms with Crippen LogP contribution in [0.2, 0.25) is 0 Å². The van der Waals surface area contributed by atoms with Gasteiger partial charge in [-0.3, -0.25) is 4.79 Å². The van der Waals surface area contributed by atoms with Crippen LogP contribution >= 0.6 is 31.9 Å². The molecule has 0 aromatic heterocycles. The van der Waals surface area contributed by atoms with Crippen LogP contribution in [-0.2, 0) is 4.79 Å². The molecule has 0 N–H and O–H groups in total. The summed E-state index contributed by atoms with van der Waals surface area (Å²) in [5, 5.41) is 0.939. The molecule has 0 saturated heterocycles. The number of rotatable bonds is 1. The van der Waals surface area contributed by atoms with Gasteiger partial charge in [-0.15, -0.1) is 0 Å². The maximum atomic E-state index is 12.0. The van der Waals surface area contributed by atoms with Crippen LogP contribution in [0.1, 0.15) is 26.7 Å². The fraction of sp³-hybridized carbons (Fsp3) is 0.900. The van der Waals surface area contributed by atoms with Crippen molar-refractivity contribution >= 4 is 37.6 Å². The van der Waals surface area contributed by atoms with Crippen molar-refractivity contribution in [2.75, 3.05) is 5.33 Å². The van der Waals surface area contributed by atoms with Gasteiger partial charge in [-0.1, -0.05) is 45.7 Å². The first-order valence-electron chi connectivity index (χ1n) is 4.72. The third kappa shape index (κ3) is 0.956. The lowest BCUT2D eigenvalue weighted by molar-refractivity contribution is -0.127. The molecule has 0 radical (unpaired) electrons. The number of alkyl halides is 2. The van der Waals surface area contributed by atoms with Crippen molar-refractivity contribution in [1.82, 2.24) is 0 Å². The Labute approximate surface area is 95.9 Å². The molecule has 3 heteroatoms. The van der Waals surface area contributed by atoms with E-state index in [-0.39, 0.29) is 15.7 Å². The van der Waals surface area contributed by atoms with Crippen LogP contribution in [-0.4, -0.2) is 15.9 Å². The fourth-order valence-corrected chi connectivity index (χ4v) is 5.45. The van der Waals surface area contributed by atoms with Crippen LogP contribution < -0.4 is 0 Å². The number of ketones is 1. The second kappa shape index (κ2) is 2.82. The number of carbonyl (C=O) groups is 1. The largest absolute Gasteiger partial charge is 0.298 e. The summed E-state index contributed by atoms with van der Waals surface area (Å²) in [6.07, 6.45) is 2.26. The van der Waals surface area contributed by atoms with Crippen LogP contribution in [0.5, 0.6) is 0 Å². The predicted molar refractivity (Wildman–Crippen MR) is 60.5 cm³/mol. The molecular formula is C10H14Br2O. The van der Waals surface area contributed by atoms with Crippen molar-refractivity contribution < 1.29 is 4.79 Å². The second-order valence-corrected chi connectivity index (χ2v) is 6.34. The highest BCUT2D eigenvalue weighted by atomic mass is 79.9. The molecule has 2 aliphatic carbocycles. The smallest absolute Gasteiger partial charge is 0.153 e. The third-order valence-electron chi connectivity index (χ3n) is 4.46. The first-order chi connectivity index (χ1) is 5.97. The molecule has 13 heavy (non-hydrogen) atoms. The van der Waals surface area contributed by atoms with Gasteiger partial charge in [-0.2, -0.15) is 0 Å². The van der Waals surface area contributed by atoms with Gasteiger partial charge in [0.15, 0.2) is 5.78 Å². The molecule has 2 fully saturated rings. The Morgan fingerprint density at radius 2 is 2.15 bits per heavy atom. The number of halogens is 2. The summed E-state index contributed by atoms with van der Waals surface area (Å²) in [6, 6.07) is 0. The van der Waals surface area contributed by atoms with Gasteiger partial charge in [0.25, 0.3) is 0 Å². The third-order valence-corrected chi connectivity index (χ3v) is 6.68. The van der Waals surface area contributed by atoms with E-state index >= 15 is 0 Å². The van der Waals surface area contributed by atoms with Crippen molar-refractivity contribution in [2.24, 2.45) is 16.7 Å². The van der Waals surface area contributed by atoms with Crippen molar-refractivity contribution in [1.29, 1.82) is 0 Å². The standard InChI is InChI=1S/C10H14Br2O/c1-9-4-3-6(7(12)8(9)13)10(9,2)5-11/h6-7H,3-5H2,1-2H3/t6-,7+,9+,10-/m0/s1. The predicted octanol–water partition coefficient (Wildman–Crippen LogP) is 3.15. The lowest BCUT2D eigenvalue weighted by Gasteiger charge is -2.34. The number of hydrogen-bond acceptors (Lipinski definition) is 1. The molecule has 0 unspecified atom stereocenters.